The summed E-state index contributed by atoms with van der Waals surface area (Å²) < 4.78 is 10.4. The fourth-order valence-corrected chi connectivity index (χ4v) is 3.39. The number of aromatic nitrogens is 1. The van der Waals surface area contributed by atoms with Gasteiger partial charge in [0, 0.05) is 11.5 Å². The standard InChI is InChI=1S/C14H18N2O4/c1-8-7-9(16-20-8)15-10(17)14-6-5-13(4,11(18)19-14)12(14,2)3/h7H,5-6H2,1-4H3,(H,15,16,17)/t13-,14-/m0/s1. The fourth-order valence-electron chi connectivity index (χ4n) is 3.39. The summed E-state index contributed by atoms with van der Waals surface area (Å²) in [6.45, 7) is 7.45. The first-order valence-electron chi connectivity index (χ1n) is 6.71. The molecule has 2 aliphatic rings. The summed E-state index contributed by atoms with van der Waals surface area (Å²) in [7, 11) is 0. The molecule has 2 heterocycles. The summed E-state index contributed by atoms with van der Waals surface area (Å²) in [6.07, 6.45) is 1.19. The van der Waals surface area contributed by atoms with Gasteiger partial charge < -0.3 is 14.6 Å². The summed E-state index contributed by atoms with van der Waals surface area (Å²) >= 11 is 0. The number of nitrogens with one attached hydrogen (secondary N) is 1. The van der Waals surface area contributed by atoms with Crippen molar-refractivity contribution in [3.05, 3.63) is 11.8 Å². The second-order valence-electron chi connectivity index (χ2n) is 6.45. The third-order valence-corrected chi connectivity index (χ3v) is 5.32. The van der Waals surface area contributed by atoms with Crippen molar-refractivity contribution in [3.8, 4) is 0 Å². The molecule has 2 atom stereocenters. The molecule has 1 saturated carbocycles. The number of ether oxygens (including phenoxy) is 1. The fraction of sp³-hybridized carbons (Fsp3) is 0.643. The van der Waals surface area contributed by atoms with Gasteiger partial charge in [0.1, 0.15) is 5.76 Å². The first kappa shape index (κ1) is 13.1. The molecule has 0 spiro atoms. The summed E-state index contributed by atoms with van der Waals surface area (Å²) in [4.78, 5) is 24.7. The first-order chi connectivity index (χ1) is 9.23. The lowest BCUT2D eigenvalue weighted by Crippen LogP contribution is -2.50. The van der Waals surface area contributed by atoms with Gasteiger partial charge in [0.2, 0.25) is 0 Å². The summed E-state index contributed by atoms with van der Waals surface area (Å²) in [6, 6.07) is 1.63. The number of anilines is 1. The number of nitrogens with zero attached hydrogens (tertiary/aromatic N) is 1. The molecule has 1 aromatic rings. The Bertz CT molecular complexity index is 606. The molecule has 2 fully saturated rings. The van der Waals surface area contributed by atoms with Crippen molar-refractivity contribution in [1.82, 2.24) is 5.16 Å². The summed E-state index contributed by atoms with van der Waals surface area (Å²) in [5, 5.41) is 6.44. The lowest BCUT2D eigenvalue weighted by Gasteiger charge is -2.35. The van der Waals surface area contributed by atoms with Crippen molar-refractivity contribution in [2.24, 2.45) is 10.8 Å². The Balaban J connectivity index is 1.93. The molecule has 1 aliphatic carbocycles. The highest BCUT2D eigenvalue weighted by atomic mass is 16.6. The third kappa shape index (κ3) is 1.31. The Morgan fingerprint density at radius 3 is 2.50 bits per heavy atom. The van der Waals surface area contributed by atoms with Gasteiger partial charge in [0.25, 0.3) is 5.91 Å². The molecule has 3 rings (SSSR count). The minimum Gasteiger partial charge on any atom is -0.448 e. The maximum atomic E-state index is 12.6. The Labute approximate surface area is 116 Å². The second-order valence-corrected chi connectivity index (χ2v) is 6.45. The van der Waals surface area contributed by atoms with E-state index in [2.05, 4.69) is 10.5 Å². The molecule has 0 unspecified atom stereocenters. The van der Waals surface area contributed by atoms with Gasteiger partial charge in [-0.3, -0.25) is 9.59 Å². The zero-order valence-corrected chi connectivity index (χ0v) is 12.1. The number of esters is 1. The van der Waals surface area contributed by atoms with Crippen LogP contribution in [0.3, 0.4) is 0 Å². The number of carbonyl (C=O) groups is 2. The van der Waals surface area contributed by atoms with Crippen molar-refractivity contribution >= 4 is 17.7 Å². The van der Waals surface area contributed by atoms with Crippen LogP contribution in [0.4, 0.5) is 5.82 Å². The quantitative estimate of drug-likeness (QED) is 0.837. The van der Waals surface area contributed by atoms with Crippen molar-refractivity contribution in [2.45, 2.75) is 46.1 Å². The van der Waals surface area contributed by atoms with Crippen LogP contribution in [0, 0.1) is 17.8 Å². The van der Waals surface area contributed by atoms with Gasteiger partial charge in [-0.25, -0.2) is 0 Å². The van der Waals surface area contributed by atoms with Gasteiger partial charge in [0.15, 0.2) is 11.4 Å². The maximum absolute atomic E-state index is 12.6. The van der Waals surface area contributed by atoms with Gasteiger partial charge in [-0.05, 0) is 26.7 Å². The van der Waals surface area contributed by atoms with Gasteiger partial charge in [-0.15, -0.1) is 0 Å². The smallest absolute Gasteiger partial charge is 0.313 e. The van der Waals surface area contributed by atoms with Crippen LogP contribution in [-0.4, -0.2) is 22.6 Å². The molecule has 0 aromatic carbocycles. The van der Waals surface area contributed by atoms with Gasteiger partial charge >= 0.3 is 5.97 Å². The van der Waals surface area contributed by atoms with Crippen LogP contribution in [0.5, 0.6) is 0 Å². The zero-order valence-electron chi connectivity index (χ0n) is 12.1. The molecule has 1 aromatic heterocycles. The number of aryl methyl sites for hydroxylation is 1. The minimum atomic E-state index is -1.12. The van der Waals surface area contributed by atoms with Gasteiger partial charge in [0.05, 0.1) is 5.41 Å². The second kappa shape index (κ2) is 3.62. The van der Waals surface area contributed by atoms with Crippen LogP contribution >= 0.6 is 0 Å². The van der Waals surface area contributed by atoms with E-state index in [1.807, 2.05) is 20.8 Å². The van der Waals surface area contributed by atoms with E-state index in [0.717, 1.165) is 0 Å². The topological polar surface area (TPSA) is 81.4 Å². The minimum absolute atomic E-state index is 0.291. The molecule has 108 valence electrons. The lowest BCUT2D eigenvalue weighted by molar-refractivity contribution is -0.165. The molecule has 1 saturated heterocycles. The van der Waals surface area contributed by atoms with E-state index in [0.29, 0.717) is 24.4 Å². The van der Waals surface area contributed by atoms with E-state index in [1.54, 1.807) is 13.0 Å². The van der Waals surface area contributed by atoms with Crippen LogP contribution in [0.2, 0.25) is 0 Å². The van der Waals surface area contributed by atoms with Crippen molar-refractivity contribution < 1.29 is 18.8 Å². The van der Waals surface area contributed by atoms with E-state index < -0.39 is 16.4 Å². The summed E-state index contributed by atoms with van der Waals surface area (Å²) in [5.74, 6) is 0.330. The Morgan fingerprint density at radius 1 is 1.35 bits per heavy atom. The molecule has 0 radical (unpaired) electrons. The van der Waals surface area contributed by atoms with Gasteiger partial charge in [-0.1, -0.05) is 19.0 Å². The first-order valence-corrected chi connectivity index (χ1v) is 6.71. The largest absolute Gasteiger partial charge is 0.448 e. The van der Waals surface area contributed by atoms with Crippen LogP contribution in [0.25, 0.3) is 0 Å². The Morgan fingerprint density at radius 2 is 2.05 bits per heavy atom. The number of carbonyl (C=O) groups excluding carboxylic acids is 2. The van der Waals surface area contributed by atoms with Crippen LogP contribution < -0.4 is 5.32 Å². The predicted octanol–water partition coefficient (Wildman–Crippen LogP) is 2.04. The van der Waals surface area contributed by atoms with E-state index in [-0.39, 0.29) is 11.9 Å². The molecule has 6 nitrogen and oxygen atoms in total. The average molecular weight is 278 g/mol. The Kier molecular flexibility index (Phi) is 2.38. The molecular weight excluding hydrogens is 260 g/mol. The molecule has 20 heavy (non-hydrogen) atoms. The van der Waals surface area contributed by atoms with Crippen LogP contribution in [0.15, 0.2) is 10.6 Å². The monoisotopic (exact) mass is 278 g/mol. The molecule has 1 amide bonds. The molecule has 1 N–H and O–H groups in total. The number of amides is 1. The van der Waals surface area contributed by atoms with E-state index in [4.69, 9.17) is 9.26 Å². The SMILES string of the molecule is Cc1cc(NC(=O)[C@]23CC[C@@](C)(C(=O)O2)C3(C)C)no1. The van der Waals surface area contributed by atoms with Crippen LogP contribution in [-0.2, 0) is 14.3 Å². The molecular formula is C14H18N2O4. The van der Waals surface area contributed by atoms with Crippen molar-refractivity contribution in [2.75, 3.05) is 5.32 Å². The highest BCUT2D eigenvalue weighted by molar-refractivity contribution is 6.02. The van der Waals surface area contributed by atoms with E-state index >= 15 is 0 Å². The zero-order chi connectivity index (χ0) is 14.8. The molecule has 1 aliphatic heterocycles. The van der Waals surface area contributed by atoms with E-state index in [9.17, 15) is 9.59 Å². The lowest BCUT2D eigenvalue weighted by atomic mass is 9.66. The summed E-state index contributed by atoms with van der Waals surface area (Å²) in [5.41, 5.74) is -2.28. The Hall–Kier alpha value is -1.85. The number of hydrogen-bond donors (Lipinski definition) is 1. The average Bonchev–Trinajstić information content (AvgIpc) is 2.89. The maximum Gasteiger partial charge on any atom is 0.313 e. The highest BCUT2D eigenvalue weighted by Gasteiger charge is 2.75. The van der Waals surface area contributed by atoms with E-state index in [1.165, 1.54) is 0 Å². The predicted molar refractivity (Wildman–Crippen MR) is 69.8 cm³/mol. The third-order valence-electron chi connectivity index (χ3n) is 5.32. The molecule has 2 bridgehead atoms. The number of rotatable bonds is 2. The number of hydrogen-bond acceptors (Lipinski definition) is 5. The van der Waals surface area contributed by atoms with Crippen molar-refractivity contribution in [3.63, 3.8) is 0 Å². The highest BCUT2D eigenvalue weighted by Crippen LogP contribution is 2.65. The van der Waals surface area contributed by atoms with Crippen molar-refractivity contribution in [1.29, 1.82) is 0 Å². The normalized spacial score (nSPS) is 34.1. The van der Waals surface area contributed by atoms with Crippen LogP contribution in [0.1, 0.15) is 39.4 Å². The van der Waals surface area contributed by atoms with Gasteiger partial charge in [-0.2, -0.15) is 0 Å². The molecule has 6 heteroatoms. The number of fused-ring (bicyclic) bond motifs is 2.